The number of carbonyl (C=O) groups excluding carboxylic acids is 1. The Bertz CT molecular complexity index is 548. The molecule has 1 atom stereocenters. The summed E-state index contributed by atoms with van der Waals surface area (Å²) in [4.78, 5) is 11.5. The van der Waals surface area contributed by atoms with E-state index in [4.69, 9.17) is 11.6 Å². The molecule has 1 unspecified atom stereocenters. The van der Waals surface area contributed by atoms with Crippen molar-refractivity contribution in [2.24, 2.45) is 0 Å². The number of alkyl halides is 2. The molecule has 0 aliphatic rings. The van der Waals surface area contributed by atoms with E-state index < -0.39 is 11.5 Å². The standard InChI is InChI=1S/C15H14ClFN2O/c16-14(17)15(20)18-19(13-9-5-2-6-10-13)11-12-7-3-1-4-8-12/h1-10,14H,11H2,(H,18,20). The number of para-hydroxylation sites is 1. The highest BCUT2D eigenvalue weighted by Gasteiger charge is 2.17. The van der Waals surface area contributed by atoms with E-state index in [1.54, 1.807) is 5.01 Å². The Kier molecular flexibility index (Phi) is 4.96. The van der Waals surface area contributed by atoms with Crippen LogP contribution in [-0.4, -0.2) is 11.5 Å². The number of nitrogens with one attached hydrogen (secondary N) is 1. The van der Waals surface area contributed by atoms with Gasteiger partial charge < -0.3 is 0 Å². The van der Waals surface area contributed by atoms with E-state index in [2.05, 4.69) is 5.43 Å². The topological polar surface area (TPSA) is 32.3 Å². The lowest BCUT2D eigenvalue weighted by Crippen LogP contribution is -2.44. The maximum absolute atomic E-state index is 12.8. The lowest BCUT2D eigenvalue weighted by molar-refractivity contribution is -0.123. The van der Waals surface area contributed by atoms with Crippen LogP contribution >= 0.6 is 11.6 Å². The summed E-state index contributed by atoms with van der Waals surface area (Å²) >= 11 is 5.16. The second kappa shape index (κ2) is 6.91. The molecule has 3 nitrogen and oxygen atoms in total. The van der Waals surface area contributed by atoms with E-state index in [9.17, 15) is 9.18 Å². The highest BCUT2D eigenvalue weighted by Crippen LogP contribution is 2.15. The molecular formula is C15H14ClFN2O. The number of benzene rings is 2. The minimum Gasteiger partial charge on any atom is -0.281 e. The van der Waals surface area contributed by atoms with E-state index in [1.165, 1.54) is 0 Å². The molecule has 0 fully saturated rings. The van der Waals surface area contributed by atoms with Crippen molar-refractivity contribution in [1.29, 1.82) is 0 Å². The zero-order chi connectivity index (χ0) is 14.4. The monoisotopic (exact) mass is 292 g/mol. The quantitative estimate of drug-likeness (QED) is 0.678. The van der Waals surface area contributed by atoms with Gasteiger partial charge in [-0.1, -0.05) is 60.1 Å². The van der Waals surface area contributed by atoms with Crippen molar-refractivity contribution in [1.82, 2.24) is 5.43 Å². The molecule has 0 bridgehead atoms. The Morgan fingerprint density at radius 3 is 2.20 bits per heavy atom. The predicted octanol–water partition coefficient (Wildman–Crippen LogP) is 3.26. The van der Waals surface area contributed by atoms with Gasteiger partial charge in [-0.25, -0.2) is 4.39 Å². The van der Waals surface area contributed by atoms with Crippen molar-refractivity contribution < 1.29 is 9.18 Å². The molecular weight excluding hydrogens is 279 g/mol. The highest BCUT2D eigenvalue weighted by molar-refractivity contribution is 6.29. The molecule has 0 radical (unpaired) electrons. The van der Waals surface area contributed by atoms with Crippen LogP contribution < -0.4 is 10.4 Å². The minimum atomic E-state index is -2.07. The zero-order valence-electron chi connectivity index (χ0n) is 10.7. The fourth-order valence-corrected chi connectivity index (χ4v) is 1.80. The average Bonchev–Trinajstić information content (AvgIpc) is 2.48. The number of hydrazine groups is 1. The summed E-state index contributed by atoms with van der Waals surface area (Å²) in [5, 5.41) is 1.56. The summed E-state index contributed by atoms with van der Waals surface area (Å²) in [6.45, 7) is 0.417. The number of halogens is 2. The summed E-state index contributed by atoms with van der Waals surface area (Å²) in [6.07, 6.45) is 0. The van der Waals surface area contributed by atoms with Gasteiger partial charge >= 0.3 is 0 Å². The van der Waals surface area contributed by atoms with E-state index in [-0.39, 0.29) is 0 Å². The number of hydrogen-bond acceptors (Lipinski definition) is 2. The minimum absolute atomic E-state index is 0.417. The van der Waals surface area contributed by atoms with Gasteiger partial charge in [0.15, 0.2) is 0 Å². The van der Waals surface area contributed by atoms with Crippen LogP contribution in [0.25, 0.3) is 0 Å². The smallest absolute Gasteiger partial charge is 0.281 e. The summed E-state index contributed by atoms with van der Waals surface area (Å²) in [7, 11) is 0. The van der Waals surface area contributed by atoms with Crippen molar-refractivity contribution in [3.05, 3.63) is 66.2 Å². The second-order valence-corrected chi connectivity index (χ2v) is 4.57. The molecule has 0 saturated carbocycles. The number of amides is 1. The Labute approximate surface area is 121 Å². The van der Waals surface area contributed by atoms with Crippen LogP contribution in [0.1, 0.15) is 5.56 Å². The average molecular weight is 293 g/mol. The molecule has 1 N–H and O–H groups in total. The Morgan fingerprint density at radius 1 is 1.10 bits per heavy atom. The first-order chi connectivity index (χ1) is 9.66. The Balaban J connectivity index is 2.18. The number of hydrogen-bond donors (Lipinski definition) is 1. The normalized spacial score (nSPS) is 11.7. The molecule has 2 rings (SSSR count). The van der Waals surface area contributed by atoms with Gasteiger partial charge in [0.1, 0.15) is 0 Å². The van der Waals surface area contributed by atoms with Crippen molar-refractivity contribution >= 4 is 23.2 Å². The molecule has 104 valence electrons. The molecule has 0 aliphatic heterocycles. The van der Waals surface area contributed by atoms with Gasteiger partial charge in [0.05, 0.1) is 12.2 Å². The Morgan fingerprint density at radius 2 is 1.65 bits per heavy atom. The van der Waals surface area contributed by atoms with Crippen LogP contribution in [0.2, 0.25) is 0 Å². The number of anilines is 1. The lowest BCUT2D eigenvalue weighted by atomic mass is 10.2. The van der Waals surface area contributed by atoms with Crippen molar-refractivity contribution in [3.63, 3.8) is 0 Å². The van der Waals surface area contributed by atoms with Gasteiger partial charge in [-0.3, -0.25) is 15.2 Å². The van der Waals surface area contributed by atoms with Crippen LogP contribution in [0.15, 0.2) is 60.7 Å². The van der Waals surface area contributed by atoms with Crippen LogP contribution in [0.3, 0.4) is 0 Å². The van der Waals surface area contributed by atoms with Gasteiger partial charge in [0, 0.05) is 0 Å². The summed E-state index contributed by atoms with van der Waals surface area (Å²) < 4.78 is 12.8. The maximum Gasteiger partial charge on any atom is 0.288 e. The molecule has 0 aromatic heterocycles. The van der Waals surface area contributed by atoms with Gasteiger partial charge in [-0.15, -0.1) is 0 Å². The molecule has 0 aliphatic carbocycles. The molecule has 2 aromatic carbocycles. The maximum atomic E-state index is 12.8. The molecule has 5 heteroatoms. The number of carbonyl (C=O) groups is 1. The van der Waals surface area contributed by atoms with Crippen LogP contribution in [0.4, 0.5) is 10.1 Å². The first-order valence-corrected chi connectivity index (χ1v) is 6.55. The van der Waals surface area contributed by atoms with Crippen LogP contribution in [0.5, 0.6) is 0 Å². The van der Waals surface area contributed by atoms with E-state index in [0.717, 1.165) is 11.3 Å². The second-order valence-electron chi connectivity index (χ2n) is 4.18. The van der Waals surface area contributed by atoms with Gasteiger partial charge in [-0.05, 0) is 17.7 Å². The lowest BCUT2D eigenvalue weighted by Gasteiger charge is -2.25. The van der Waals surface area contributed by atoms with Crippen LogP contribution in [-0.2, 0) is 11.3 Å². The van der Waals surface area contributed by atoms with Crippen LogP contribution in [0, 0.1) is 0 Å². The molecule has 1 amide bonds. The first-order valence-electron chi connectivity index (χ1n) is 6.12. The highest BCUT2D eigenvalue weighted by atomic mass is 35.5. The van der Waals surface area contributed by atoms with Crippen molar-refractivity contribution in [2.75, 3.05) is 5.01 Å². The molecule has 20 heavy (non-hydrogen) atoms. The van der Waals surface area contributed by atoms with Crippen molar-refractivity contribution in [3.8, 4) is 0 Å². The molecule has 2 aromatic rings. The first kappa shape index (κ1) is 14.3. The van der Waals surface area contributed by atoms with Gasteiger partial charge in [0.2, 0.25) is 0 Å². The number of rotatable bonds is 5. The molecule has 0 spiro atoms. The largest absolute Gasteiger partial charge is 0.288 e. The fraction of sp³-hybridized carbons (Fsp3) is 0.133. The third-order valence-electron chi connectivity index (χ3n) is 2.69. The number of nitrogens with zero attached hydrogens (tertiary/aromatic N) is 1. The zero-order valence-corrected chi connectivity index (χ0v) is 11.4. The van der Waals surface area contributed by atoms with Crippen molar-refractivity contribution in [2.45, 2.75) is 12.2 Å². The summed E-state index contributed by atoms with van der Waals surface area (Å²) in [5.41, 5.74) is 2.14. The molecule has 0 heterocycles. The Hall–Kier alpha value is -2.07. The van der Waals surface area contributed by atoms with E-state index >= 15 is 0 Å². The summed E-state index contributed by atoms with van der Waals surface area (Å²) in [5.74, 6) is -0.883. The summed E-state index contributed by atoms with van der Waals surface area (Å²) in [6, 6.07) is 18.8. The van der Waals surface area contributed by atoms with Gasteiger partial charge in [0.25, 0.3) is 11.5 Å². The van der Waals surface area contributed by atoms with E-state index in [0.29, 0.717) is 6.54 Å². The van der Waals surface area contributed by atoms with Gasteiger partial charge in [-0.2, -0.15) is 0 Å². The molecule has 0 saturated heterocycles. The predicted molar refractivity (Wildman–Crippen MR) is 78.0 cm³/mol. The third-order valence-corrected chi connectivity index (χ3v) is 2.89. The fourth-order valence-electron chi connectivity index (χ4n) is 1.75. The third kappa shape index (κ3) is 3.96. The SMILES string of the molecule is O=C(NN(Cc1ccccc1)c1ccccc1)C(F)Cl. The van der Waals surface area contributed by atoms with E-state index in [1.807, 2.05) is 60.7 Å².